The van der Waals surface area contributed by atoms with Crippen molar-refractivity contribution in [1.82, 2.24) is 15.0 Å². The molecule has 11 heteroatoms. The first-order valence-electron chi connectivity index (χ1n) is 7.18. The third-order valence-electron chi connectivity index (χ3n) is 2.58. The maximum Gasteiger partial charge on any atom is 0.434 e. The van der Waals surface area contributed by atoms with Gasteiger partial charge in [-0.05, 0) is 32.9 Å². The van der Waals surface area contributed by atoms with E-state index in [0.29, 0.717) is 11.8 Å². The van der Waals surface area contributed by atoms with E-state index in [0.717, 1.165) is 6.20 Å². The molecule has 2 aromatic heterocycles. The topological polar surface area (TPSA) is 77.0 Å². The first-order valence-corrected chi connectivity index (χ1v) is 8.38. The van der Waals surface area contributed by atoms with Gasteiger partial charge in [0.25, 0.3) is 0 Å². The minimum absolute atomic E-state index is 0.0963. The van der Waals surface area contributed by atoms with Gasteiger partial charge in [0, 0.05) is 11.1 Å². The Morgan fingerprint density at radius 3 is 2.58 bits per heavy atom. The molecule has 0 bridgehead atoms. The van der Waals surface area contributed by atoms with Crippen LogP contribution in [0.4, 0.5) is 23.8 Å². The normalized spacial score (nSPS) is 12.0. The predicted molar refractivity (Wildman–Crippen MR) is 90.3 cm³/mol. The van der Waals surface area contributed by atoms with E-state index in [-0.39, 0.29) is 20.9 Å². The Bertz CT molecular complexity index is 812. The van der Waals surface area contributed by atoms with Crippen molar-refractivity contribution < 1.29 is 22.7 Å². The lowest BCUT2D eigenvalue weighted by atomic mass is 10.2. The van der Waals surface area contributed by atoms with Gasteiger partial charge in [0.1, 0.15) is 10.6 Å². The fraction of sp³-hybridized carbons (Fsp3) is 0.333. The van der Waals surface area contributed by atoms with Gasteiger partial charge in [0.05, 0.1) is 6.20 Å². The molecular formula is C15H14ClF3N4O2S. The smallest absolute Gasteiger partial charge is 0.434 e. The predicted octanol–water partition coefficient (Wildman–Crippen LogP) is 5.04. The number of rotatable bonds is 3. The van der Waals surface area contributed by atoms with Gasteiger partial charge in [-0.1, -0.05) is 23.4 Å². The third kappa shape index (κ3) is 5.73. The Morgan fingerprint density at radius 2 is 1.96 bits per heavy atom. The zero-order chi connectivity index (χ0) is 19.5. The van der Waals surface area contributed by atoms with Crippen LogP contribution >= 0.6 is 23.4 Å². The molecule has 2 heterocycles. The molecule has 0 aromatic carbocycles. The number of hydrogen-bond acceptors (Lipinski definition) is 6. The molecule has 0 aliphatic rings. The van der Waals surface area contributed by atoms with Gasteiger partial charge >= 0.3 is 12.3 Å². The Balaban J connectivity index is 2.24. The molecule has 2 rings (SSSR count). The summed E-state index contributed by atoms with van der Waals surface area (Å²) in [6, 6.07) is 2.64. The number of ether oxygens (including phenoxy) is 1. The van der Waals surface area contributed by atoms with Crippen LogP contribution in [0.2, 0.25) is 5.15 Å². The fourth-order valence-electron chi connectivity index (χ4n) is 1.69. The molecule has 0 radical (unpaired) electrons. The average Bonchev–Trinajstić information content (AvgIpc) is 2.48. The van der Waals surface area contributed by atoms with Crippen molar-refractivity contribution in [2.75, 3.05) is 5.32 Å². The Kier molecular flexibility index (Phi) is 5.97. The van der Waals surface area contributed by atoms with Crippen molar-refractivity contribution >= 4 is 35.3 Å². The lowest BCUT2D eigenvalue weighted by Crippen LogP contribution is -2.27. The molecule has 1 N–H and O–H groups in total. The molecule has 2 aromatic rings. The van der Waals surface area contributed by atoms with Crippen LogP contribution in [0.15, 0.2) is 34.4 Å². The molecule has 0 aliphatic carbocycles. The van der Waals surface area contributed by atoms with Gasteiger partial charge in [0.2, 0.25) is 0 Å². The van der Waals surface area contributed by atoms with Crippen molar-refractivity contribution in [2.45, 2.75) is 42.5 Å². The first-order chi connectivity index (χ1) is 12.0. The van der Waals surface area contributed by atoms with Gasteiger partial charge in [-0.2, -0.15) is 13.2 Å². The number of carbonyl (C=O) groups excluding carboxylic acids is 1. The Morgan fingerprint density at radius 1 is 1.27 bits per heavy atom. The number of anilines is 1. The summed E-state index contributed by atoms with van der Waals surface area (Å²) in [6.07, 6.45) is -3.18. The molecule has 6 nitrogen and oxygen atoms in total. The summed E-state index contributed by atoms with van der Waals surface area (Å²) in [5.41, 5.74) is -1.78. The van der Waals surface area contributed by atoms with Crippen LogP contribution in [-0.4, -0.2) is 26.6 Å². The van der Waals surface area contributed by atoms with Gasteiger partial charge in [-0.25, -0.2) is 14.8 Å². The number of aromatic nitrogens is 3. The molecule has 140 valence electrons. The SMILES string of the molecule is CC(C)(C)OC(=O)Nc1nc(Sc2cccnc2C(F)(F)F)cnc1Cl. The minimum atomic E-state index is -4.61. The van der Waals surface area contributed by atoms with Gasteiger partial charge in [0.15, 0.2) is 16.7 Å². The number of amides is 1. The number of halogens is 4. The zero-order valence-electron chi connectivity index (χ0n) is 13.9. The van der Waals surface area contributed by atoms with E-state index in [9.17, 15) is 18.0 Å². The molecule has 0 saturated carbocycles. The number of carbonyl (C=O) groups is 1. The maximum atomic E-state index is 13.0. The summed E-state index contributed by atoms with van der Waals surface area (Å²) in [5, 5.41) is 2.29. The molecule has 0 spiro atoms. The number of alkyl halides is 3. The minimum Gasteiger partial charge on any atom is -0.444 e. The standard InChI is InChI=1S/C15H14ClF3N4O2S/c1-14(2,3)25-13(24)23-12-11(16)21-7-9(22-12)26-8-5-4-6-20-10(8)15(17,18)19/h4-7H,1-3H3,(H,22,23,24). The summed E-state index contributed by atoms with van der Waals surface area (Å²) in [4.78, 5) is 22.9. The Hall–Kier alpha value is -2.07. The summed E-state index contributed by atoms with van der Waals surface area (Å²) in [7, 11) is 0. The van der Waals surface area contributed by atoms with Crippen molar-refractivity contribution in [3.8, 4) is 0 Å². The second-order valence-electron chi connectivity index (χ2n) is 5.92. The van der Waals surface area contributed by atoms with E-state index >= 15 is 0 Å². The van der Waals surface area contributed by atoms with Crippen LogP contribution in [-0.2, 0) is 10.9 Å². The van der Waals surface area contributed by atoms with E-state index in [1.807, 2.05) is 0 Å². The van der Waals surface area contributed by atoms with Crippen molar-refractivity contribution in [1.29, 1.82) is 0 Å². The molecule has 0 fully saturated rings. The lowest BCUT2D eigenvalue weighted by molar-refractivity contribution is -0.143. The summed E-state index contributed by atoms with van der Waals surface area (Å²) in [6.45, 7) is 5.02. The average molecular weight is 407 g/mol. The van der Waals surface area contributed by atoms with Crippen LogP contribution in [0.3, 0.4) is 0 Å². The summed E-state index contributed by atoms with van der Waals surface area (Å²) >= 11 is 6.57. The van der Waals surface area contributed by atoms with Crippen LogP contribution in [0, 0.1) is 0 Å². The highest BCUT2D eigenvalue weighted by atomic mass is 35.5. The summed E-state index contributed by atoms with van der Waals surface area (Å²) in [5.74, 6) is -0.122. The van der Waals surface area contributed by atoms with E-state index in [4.69, 9.17) is 16.3 Å². The quantitative estimate of drug-likeness (QED) is 0.769. The molecule has 1 amide bonds. The van der Waals surface area contributed by atoms with Gasteiger partial charge in [-0.15, -0.1) is 0 Å². The second-order valence-corrected chi connectivity index (χ2v) is 7.34. The largest absolute Gasteiger partial charge is 0.444 e. The fourth-order valence-corrected chi connectivity index (χ4v) is 2.70. The van der Waals surface area contributed by atoms with Crippen LogP contribution in [0.25, 0.3) is 0 Å². The van der Waals surface area contributed by atoms with E-state index < -0.39 is 23.6 Å². The first kappa shape index (κ1) is 20.2. The zero-order valence-corrected chi connectivity index (χ0v) is 15.5. The summed E-state index contributed by atoms with van der Waals surface area (Å²) < 4.78 is 44.1. The molecule has 0 saturated heterocycles. The molecule has 0 unspecified atom stereocenters. The maximum absolute atomic E-state index is 13.0. The molecular weight excluding hydrogens is 393 g/mol. The third-order valence-corrected chi connectivity index (χ3v) is 3.81. The van der Waals surface area contributed by atoms with Crippen molar-refractivity contribution in [2.24, 2.45) is 0 Å². The highest BCUT2D eigenvalue weighted by Crippen LogP contribution is 2.37. The molecule has 0 aliphatic heterocycles. The van der Waals surface area contributed by atoms with E-state index in [1.165, 1.54) is 18.3 Å². The lowest BCUT2D eigenvalue weighted by Gasteiger charge is -2.19. The number of nitrogens with one attached hydrogen (secondary N) is 1. The number of nitrogens with zero attached hydrogens (tertiary/aromatic N) is 3. The van der Waals surface area contributed by atoms with Gasteiger partial charge < -0.3 is 4.74 Å². The highest BCUT2D eigenvalue weighted by Gasteiger charge is 2.35. The highest BCUT2D eigenvalue weighted by molar-refractivity contribution is 7.99. The Labute approximate surface area is 156 Å². The molecule has 0 atom stereocenters. The van der Waals surface area contributed by atoms with Crippen molar-refractivity contribution in [3.63, 3.8) is 0 Å². The van der Waals surface area contributed by atoms with E-state index in [2.05, 4.69) is 20.3 Å². The van der Waals surface area contributed by atoms with Crippen molar-refractivity contribution in [3.05, 3.63) is 35.4 Å². The second kappa shape index (κ2) is 7.67. The number of hydrogen-bond donors (Lipinski definition) is 1. The monoisotopic (exact) mass is 406 g/mol. The van der Waals surface area contributed by atoms with E-state index in [1.54, 1.807) is 20.8 Å². The van der Waals surface area contributed by atoms with Crippen LogP contribution in [0.5, 0.6) is 0 Å². The van der Waals surface area contributed by atoms with Crippen LogP contribution in [0.1, 0.15) is 26.5 Å². The van der Waals surface area contributed by atoms with Crippen LogP contribution < -0.4 is 5.32 Å². The van der Waals surface area contributed by atoms with Gasteiger partial charge in [-0.3, -0.25) is 10.3 Å². The number of pyridine rings is 1. The molecule has 26 heavy (non-hydrogen) atoms.